The summed E-state index contributed by atoms with van der Waals surface area (Å²) in [5, 5.41) is 1.09. The van der Waals surface area contributed by atoms with E-state index in [1.54, 1.807) is 21.9 Å². The van der Waals surface area contributed by atoms with E-state index in [1.165, 1.54) is 7.11 Å². The van der Waals surface area contributed by atoms with Crippen LogP contribution in [0.2, 0.25) is 0 Å². The van der Waals surface area contributed by atoms with E-state index in [4.69, 9.17) is 4.74 Å². The van der Waals surface area contributed by atoms with E-state index in [0.29, 0.717) is 12.0 Å². The van der Waals surface area contributed by atoms with E-state index in [1.807, 2.05) is 30.3 Å². The SMILES string of the molecule is COC(=O)c1ccc(C2c3[nH]c4ccccc4c3CC3C(=O)N(C4CCCCC4)C(=O)N32)cc1. The fraction of sp³-hybridized carbons (Fsp3) is 0.370. The summed E-state index contributed by atoms with van der Waals surface area (Å²) in [4.78, 5) is 46.3. The summed E-state index contributed by atoms with van der Waals surface area (Å²) >= 11 is 0. The predicted octanol–water partition coefficient (Wildman–Crippen LogP) is 4.57. The molecule has 6 rings (SSSR count). The summed E-state index contributed by atoms with van der Waals surface area (Å²) in [7, 11) is 1.35. The van der Waals surface area contributed by atoms with Crippen molar-refractivity contribution in [1.82, 2.24) is 14.8 Å². The molecule has 2 atom stereocenters. The van der Waals surface area contributed by atoms with Gasteiger partial charge in [0.15, 0.2) is 0 Å². The Balaban J connectivity index is 1.48. The van der Waals surface area contributed by atoms with E-state index >= 15 is 0 Å². The number of benzene rings is 2. The van der Waals surface area contributed by atoms with Crippen LogP contribution in [-0.2, 0) is 16.0 Å². The number of rotatable bonds is 3. The number of carbonyl (C=O) groups excluding carboxylic acids is 3. The zero-order valence-corrected chi connectivity index (χ0v) is 19.1. The van der Waals surface area contributed by atoms with Gasteiger partial charge in [-0.1, -0.05) is 49.6 Å². The fourth-order valence-corrected chi connectivity index (χ4v) is 6.04. The van der Waals surface area contributed by atoms with E-state index in [9.17, 15) is 14.4 Å². The maximum Gasteiger partial charge on any atom is 0.337 e. The molecular formula is C27H27N3O4. The predicted molar refractivity (Wildman–Crippen MR) is 126 cm³/mol. The number of aromatic nitrogens is 1. The highest BCUT2D eigenvalue weighted by Crippen LogP contribution is 2.45. The van der Waals surface area contributed by atoms with Crippen LogP contribution >= 0.6 is 0 Å². The summed E-state index contributed by atoms with van der Waals surface area (Å²) < 4.78 is 4.84. The first-order valence-electron chi connectivity index (χ1n) is 12.0. The summed E-state index contributed by atoms with van der Waals surface area (Å²) in [5.41, 5.74) is 4.33. The molecule has 0 radical (unpaired) electrons. The Morgan fingerprint density at radius 1 is 1.00 bits per heavy atom. The molecule has 3 aliphatic rings. The Bertz CT molecular complexity index is 1290. The average Bonchev–Trinajstić information content (AvgIpc) is 3.37. The minimum Gasteiger partial charge on any atom is -0.465 e. The molecule has 1 aliphatic carbocycles. The number of methoxy groups -OCH3 is 1. The van der Waals surface area contributed by atoms with Crippen LogP contribution in [0.25, 0.3) is 10.9 Å². The molecule has 2 aromatic carbocycles. The molecule has 1 saturated carbocycles. The van der Waals surface area contributed by atoms with E-state index in [2.05, 4.69) is 11.1 Å². The van der Waals surface area contributed by atoms with Gasteiger partial charge in [0.05, 0.1) is 12.7 Å². The molecule has 2 fully saturated rings. The summed E-state index contributed by atoms with van der Waals surface area (Å²) in [6.45, 7) is 0. The van der Waals surface area contributed by atoms with Crippen molar-refractivity contribution in [3.05, 3.63) is 70.9 Å². The number of para-hydroxylation sites is 1. The highest BCUT2D eigenvalue weighted by atomic mass is 16.5. The normalized spacial score (nSPS) is 22.7. The first-order valence-corrected chi connectivity index (χ1v) is 12.0. The number of hydrogen-bond donors (Lipinski definition) is 1. The Kier molecular flexibility index (Phi) is 4.94. The molecule has 3 heterocycles. The van der Waals surface area contributed by atoms with Crippen LogP contribution in [0.4, 0.5) is 4.79 Å². The van der Waals surface area contributed by atoms with Gasteiger partial charge in [-0.05, 0) is 42.2 Å². The first kappa shape index (κ1) is 21.0. The summed E-state index contributed by atoms with van der Waals surface area (Å²) in [6, 6.07) is 14.0. The minimum atomic E-state index is -0.522. The number of H-pyrrole nitrogens is 1. The molecule has 0 bridgehead atoms. The Hall–Kier alpha value is -3.61. The number of hydrogen-bond acceptors (Lipinski definition) is 4. The fourth-order valence-electron chi connectivity index (χ4n) is 6.04. The lowest BCUT2D eigenvalue weighted by Crippen LogP contribution is -2.44. The zero-order chi connectivity index (χ0) is 23.4. The maximum atomic E-state index is 13.8. The van der Waals surface area contributed by atoms with Gasteiger partial charge < -0.3 is 9.72 Å². The van der Waals surface area contributed by atoms with Gasteiger partial charge in [0.1, 0.15) is 12.1 Å². The molecule has 1 aromatic heterocycles. The molecule has 7 nitrogen and oxygen atoms in total. The molecular weight excluding hydrogens is 430 g/mol. The standard InChI is InChI=1S/C27H27N3O4/c1-34-26(32)17-13-11-16(12-14-17)24-23-20(19-9-5-6-10-21(19)28-23)15-22-25(31)29(27(33)30(22)24)18-7-3-2-4-8-18/h5-6,9-14,18,22,24,28H,2-4,7-8,15H2,1H3. The third-order valence-electron chi connectivity index (χ3n) is 7.67. The van der Waals surface area contributed by atoms with Crippen molar-refractivity contribution in [3.63, 3.8) is 0 Å². The van der Waals surface area contributed by atoms with Gasteiger partial charge in [0.2, 0.25) is 0 Å². The second-order valence-electron chi connectivity index (χ2n) is 9.49. The van der Waals surface area contributed by atoms with Crippen LogP contribution < -0.4 is 0 Å². The number of imide groups is 1. The highest BCUT2D eigenvalue weighted by molar-refractivity contribution is 6.06. The van der Waals surface area contributed by atoms with Crippen molar-refractivity contribution < 1.29 is 19.1 Å². The minimum absolute atomic E-state index is 0.0169. The van der Waals surface area contributed by atoms with Gasteiger partial charge in [-0.2, -0.15) is 0 Å². The van der Waals surface area contributed by atoms with E-state index in [-0.39, 0.29) is 18.0 Å². The van der Waals surface area contributed by atoms with Gasteiger partial charge in [-0.25, -0.2) is 9.59 Å². The van der Waals surface area contributed by atoms with Gasteiger partial charge in [-0.15, -0.1) is 0 Å². The van der Waals surface area contributed by atoms with Crippen LogP contribution in [0, 0.1) is 0 Å². The van der Waals surface area contributed by atoms with Crippen molar-refractivity contribution in [2.45, 2.75) is 56.7 Å². The van der Waals surface area contributed by atoms with Crippen LogP contribution in [0.1, 0.15) is 65.3 Å². The third-order valence-corrected chi connectivity index (χ3v) is 7.67. The lowest BCUT2D eigenvalue weighted by Gasteiger charge is -2.36. The second-order valence-corrected chi connectivity index (χ2v) is 9.49. The van der Waals surface area contributed by atoms with Gasteiger partial charge in [-0.3, -0.25) is 14.6 Å². The van der Waals surface area contributed by atoms with Crippen molar-refractivity contribution in [2.24, 2.45) is 0 Å². The van der Waals surface area contributed by atoms with Gasteiger partial charge >= 0.3 is 12.0 Å². The zero-order valence-electron chi connectivity index (χ0n) is 19.1. The number of carbonyl (C=O) groups is 3. The number of fused-ring (bicyclic) bond motifs is 4. The monoisotopic (exact) mass is 457 g/mol. The summed E-state index contributed by atoms with van der Waals surface area (Å²) in [6.07, 6.45) is 5.52. The van der Waals surface area contributed by atoms with Gasteiger partial charge in [0.25, 0.3) is 5.91 Å². The van der Waals surface area contributed by atoms with Crippen molar-refractivity contribution in [3.8, 4) is 0 Å². The van der Waals surface area contributed by atoms with Crippen LogP contribution in [0.5, 0.6) is 0 Å². The number of ether oxygens (including phenoxy) is 1. The van der Waals surface area contributed by atoms with E-state index in [0.717, 1.165) is 59.8 Å². The summed E-state index contributed by atoms with van der Waals surface area (Å²) in [5.74, 6) is -0.487. The van der Waals surface area contributed by atoms with Gasteiger partial charge in [0, 0.05) is 29.1 Å². The van der Waals surface area contributed by atoms with Crippen LogP contribution in [0.15, 0.2) is 48.5 Å². The second kappa shape index (κ2) is 8.01. The molecule has 34 heavy (non-hydrogen) atoms. The largest absolute Gasteiger partial charge is 0.465 e. The molecule has 3 amide bonds. The lowest BCUT2D eigenvalue weighted by molar-refractivity contribution is -0.130. The number of aromatic amines is 1. The molecule has 174 valence electrons. The molecule has 0 spiro atoms. The molecule has 1 saturated heterocycles. The number of nitrogens with zero attached hydrogens (tertiary/aromatic N) is 2. The van der Waals surface area contributed by atoms with E-state index < -0.39 is 18.1 Å². The average molecular weight is 458 g/mol. The van der Waals surface area contributed by atoms with Crippen molar-refractivity contribution in [1.29, 1.82) is 0 Å². The Morgan fingerprint density at radius 3 is 2.47 bits per heavy atom. The third kappa shape index (κ3) is 3.06. The molecule has 7 heteroatoms. The Morgan fingerprint density at radius 2 is 1.74 bits per heavy atom. The highest BCUT2D eigenvalue weighted by Gasteiger charge is 2.54. The van der Waals surface area contributed by atoms with Crippen molar-refractivity contribution in [2.75, 3.05) is 7.11 Å². The van der Waals surface area contributed by atoms with Crippen LogP contribution in [-0.4, -0.2) is 51.9 Å². The molecule has 1 N–H and O–H groups in total. The smallest absolute Gasteiger partial charge is 0.337 e. The maximum absolute atomic E-state index is 13.8. The number of urea groups is 1. The molecule has 2 unspecified atom stereocenters. The van der Waals surface area contributed by atoms with Crippen molar-refractivity contribution >= 4 is 28.8 Å². The first-order chi connectivity index (χ1) is 16.6. The Labute approximate surface area is 197 Å². The topological polar surface area (TPSA) is 82.7 Å². The molecule has 2 aliphatic heterocycles. The van der Waals surface area contributed by atoms with Crippen LogP contribution in [0.3, 0.4) is 0 Å². The number of amides is 3. The lowest BCUT2D eigenvalue weighted by atomic mass is 9.88. The molecule has 3 aromatic rings. The quantitative estimate of drug-likeness (QED) is 0.462. The number of esters is 1. The number of nitrogens with one attached hydrogen (secondary N) is 1.